The molecule has 0 aliphatic rings. The molecule has 1 aromatic carbocycles. The molecule has 18 heavy (non-hydrogen) atoms. The van der Waals surface area contributed by atoms with Gasteiger partial charge in [0.1, 0.15) is 5.76 Å². The number of urea groups is 1. The Hall–Kier alpha value is -2.49. The van der Waals surface area contributed by atoms with Crippen molar-refractivity contribution in [3.8, 4) is 0 Å². The maximum Gasteiger partial charge on any atom is 0.319 e. The average molecular weight is 242 g/mol. The van der Waals surface area contributed by atoms with Crippen LogP contribution in [0, 0.1) is 0 Å². The largest absolute Gasteiger partial charge is 0.467 e. The van der Waals surface area contributed by atoms with Gasteiger partial charge in [0, 0.05) is 6.20 Å². The van der Waals surface area contributed by atoms with Crippen LogP contribution in [-0.2, 0) is 6.54 Å². The number of amides is 2. The number of hydrogen-bond donors (Lipinski definition) is 2. The summed E-state index contributed by atoms with van der Waals surface area (Å²) in [6.45, 7) is 0.373. The molecule has 2 N–H and O–H groups in total. The zero-order valence-corrected chi connectivity index (χ0v) is 9.80. The van der Waals surface area contributed by atoms with Gasteiger partial charge in [-0.3, -0.25) is 0 Å². The summed E-state index contributed by atoms with van der Waals surface area (Å²) in [7, 11) is 0. The molecule has 1 aromatic heterocycles. The molecule has 4 heteroatoms. The summed E-state index contributed by atoms with van der Waals surface area (Å²) < 4.78 is 5.10. The second-order valence-electron chi connectivity index (χ2n) is 3.65. The van der Waals surface area contributed by atoms with Crippen LogP contribution in [0.4, 0.5) is 4.79 Å². The van der Waals surface area contributed by atoms with Gasteiger partial charge >= 0.3 is 6.03 Å². The summed E-state index contributed by atoms with van der Waals surface area (Å²) in [5.74, 6) is 0.720. The van der Waals surface area contributed by atoms with Gasteiger partial charge in [0.25, 0.3) is 0 Å². The fraction of sp³-hybridized carbons (Fsp3) is 0.0714. The van der Waals surface area contributed by atoms with Crippen molar-refractivity contribution in [1.29, 1.82) is 0 Å². The lowest BCUT2D eigenvalue weighted by atomic mass is 10.2. The first-order valence-electron chi connectivity index (χ1n) is 5.63. The first kappa shape index (κ1) is 12.0. The Morgan fingerprint density at radius 2 is 2.00 bits per heavy atom. The van der Waals surface area contributed by atoms with Crippen molar-refractivity contribution in [3.63, 3.8) is 0 Å². The summed E-state index contributed by atoms with van der Waals surface area (Å²) in [5.41, 5.74) is 1.03. The Bertz CT molecular complexity index is 504. The number of furan rings is 1. The fourth-order valence-corrected chi connectivity index (χ4v) is 1.41. The van der Waals surface area contributed by atoms with E-state index in [2.05, 4.69) is 10.6 Å². The van der Waals surface area contributed by atoms with E-state index in [4.69, 9.17) is 4.42 Å². The third kappa shape index (κ3) is 3.83. The summed E-state index contributed by atoms with van der Waals surface area (Å²) >= 11 is 0. The van der Waals surface area contributed by atoms with Crippen molar-refractivity contribution in [2.75, 3.05) is 0 Å². The molecule has 0 radical (unpaired) electrons. The van der Waals surface area contributed by atoms with Crippen molar-refractivity contribution in [2.45, 2.75) is 6.54 Å². The normalized spacial score (nSPS) is 10.4. The SMILES string of the molecule is O=C(N/C=C/c1ccccc1)NCc1ccco1. The maximum absolute atomic E-state index is 11.4. The highest BCUT2D eigenvalue weighted by atomic mass is 16.3. The highest BCUT2D eigenvalue weighted by molar-refractivity contribution is 5.75. The van der Waals surface area contributed by atoms with Crippen LogP contribution in [0.3, 0.4) is 0 Å². The molecule has 0 aliphatic carbocycles. The standard InChI is InChI=1S/C14H14N2O2/c17-14(16-11-13-7-4-10-18-13)15-9-8-12-5-2-1-3-6-12/h1-10H,11H2,(H2,15,16,17)/b9-8+. The summed E-state index contributed by atoms with van der Waals surface area (Å²) in [5, 5.41) is 5.30. The van der Waals surface area contributed by atoms with Crippen molar-refractivity contribution < 1.29 is 9.21 Å². The molecule has 0 spiro atoms. The summed E-state index contributed by atoms with van der Waals surface area (Å²) in [6.07, 6.45) is 5.00. The Morgan fingerprint density at radius 3 is 2.72 bits per heavy atom. The molecule has 0 bridgehead atoms. The number of benzene rings is 1. The van der Waals surface area contributed by atoms with Crippen LogP contribution in [0.25, 0.3) is 6.08 Å². The van der Waals surface area contributed by atoms with Crippen LogP contribution in [0.15, 0.2) is 59.3 Å². The minimum atomic E-state index is -0.265. The van der Waals surface area contributed by atoms with Gasteiger partial charge in [0.15, 0.2) is 0 Å². The molecule has 0 fully saturated rings. The van der Waals surface area contributed by atoms with Crippen molar-refractivity contribution in [2.24, 2.45) is 0 Å². The van der Waals surface area contributed by atoms with Crippen molar-refractivity contribution in [1.82, 2.24) is 10.6 Å². The number of carbonyl (C=O) groups excluding carboxylic acids is 1. The van der Waals surface area contributed by atoms with Crippen LogP contribution in [0.5, 0.6) is 0 Å². The van der Waals surface area contributed by atoms with E-state index in [1.54, 1.807) is 24.6 Å². The Balaban J connectivity index is 1.73. The topological polar surface area (TPSA) is 54.3 Å². The van der Waals surface area contributed by atoms with Crippen LogP contribution in [0.2, 0.25) is 0 Å². The number of hydrogen-bond acceptors (Lipinski definition) is 2. The molecule has 2 rings (SSSR count). The van der Waals surface area contributed by atoms with E-state index in [0.717, 1.165) is 11.3 Å². The van der Waals surface area contributed by atoms with Gasteiger partial charge in [-0.05, 0) is 23.8 Å². The lowest BCUT2D eigenvalue weighted by Gasteiger charge is -2.01. The van der Waals surface area contributed by atoms with Gasteiger partial charge in [0.2, 0.25) is 0 Å². The fourth-order valence-electron chi connectivity index (χ4n) is 1.41. The monoisotopic (exact) mass is 242 g/mol. The third-order valence-electron chi connectivity index (χ3n) is 2.29. The molecular formula is C14H14N2O2. The second kappa shape index (κ2) is 6.30. The Kier molecular flexibility index (Phi) is 4.19. The van der Waals surface area contributed by atoms with Gasteiger partial charge in [-0.15, -0.1) is 0 Å². The minimum absolute atomic E-state index is 0.265. The lowest BCUT2D eigenvalue weighted by Crippen LogP contribution is -2.31. The van der Waals surface area contributed by atoms with E-state index in [1.165, 1.54) is 0 Å². The van der Waals surface area contributed by atoms with Gasteiger partial charge in [-0.2, -0.15) is 0 Å². The van der Waals surface area contributed by atoms with Crippen LogP contribution >= 0.6 is 0 Å². The lowest BCUT2D eigenvalue weighted by molar-refractivity contribution is 0.243. The molecular weight excluding hydrogens is 228 g/mol. The van der Waals surface area contributed by atoms with Crippen LogP contribution in [0.1, 0.15) is 11.3 Å². The maximum atomic E-state index is 11.4. The molecule has 92 valence electrons. The quantitative estimate of drug-likeness (QED) is 0.866. The second-order valence-corrected chi connectivity index (χ2v) is 3.65. The van der Waals surface area contributed by atoms with Crippen molar-refractivity contribution >= 4 is 12.1 Å². The van der Waals surface area contributed by atoms with Gasteiger partial charge < -0.3 is 15.1 Å². The summed E-state index contributed by atoms with van der Waals surface area (Å²) in [4.78, 5) is 11.4. The highest BCUT2D eigenvalue weighted by Crippen LogP contribution is 2.00. The molecule has 0 atom stereocenters. The molecule has 0 saturated carbocycles. The van der Waals surface area contributed by atoms with E-state index in [1.807, 2.05) is 36.4 Å². The Morgan fingerprint density at radius 1 is 1.17 bits per heavy atom. The average Bonchev–Trinajstić information content (AvgIpc) is 2.91. The molecule has 0 unspecified atom stereocenters. The molecule has 0 saturated heterocycles. The highest BCUT2D eigenvalue weighted by Gasteiger charge is 1.98. The van der Waals surface area contributed by atoms with E-state index >= 15 is 0 Å². The number of carbonyl (C=O) groups is 1. The smallest absolute Gasteiger partial charge is 0.319 e. The first-order chi connectivity index (χ1) is 8.84. The predicted molar refractivity (Wildman–Crippen MR) is 69.6 cm³/mol. The van der Waals surface area contributed by atoms with E-state index < -0.39 is 0 Å². The van der Waals surface area contributed by atoms with E-state index in [0.29, 0.717) is 6.54 Å². The van der Waals surface area contributed by atoms with E-state index in [-0.39, 0.29) is 6.03 Å². The van der Waals surface area contributed by atoms with Crippen LogP contribution in [-0.4, -0.2) is 6.03 Å². The molecule has 2 amide bonds. The third-order valence-corrected chi connectivity index (χ3v) is 2.29. The van der Waals surface area contributed by atoms with Gasteiger partial charge in [0.05, 0.1) is 12.8 Å². The number of rotatable bonds is 4. The summed E-state index contributed by atoms with van der Waals surface area (Å²) in [6, 6.07) is 13.1. The zero-order chi connectivity index (χ0) is 12.6. The molecule has 2 aromatic rings. The molecule has 4 nitrogen and oxygen atoms in total. The van der Waals surface area contributed by atoms with Gasteiger partial charge in [-0.25, -0.2) is 4.79 Å². The van der Waals surface area contributed by atoms with Crippen molar-refractivity contribution in [3.05, 3.63) is 66.3 Å². The molecule has 1 heterocycles. The predicted octanol–water partition coefficient (Wildman–Crippen LogP) is 2.75. The minimum Gasteiger partial charge on any atom is -0.467 e. The van der Waals surface area contributed by atoms with E-state index in [9.17, 15) is 4.79 Å². The Labute approximate surface area is 105 Å². The first-order valence-corrected chi connectivity index (χ1v) is 5.63. The zero-order valence-electron chi connectivity index (χ0n) is 9.80. The van der Waals surface area contributed by atoms with Crippen LogP contribution < -0.4 is 10.6 Å². The van der Waals surface area contributed by atoms with Gasteiger partial charge in [-0.1, -0.05) is 30.3 Å². The number of nitrogens with one attached hydrogen (secondary N) is 2. The molecule has 0 aliphatic heterocycles.